The highest BCUT2D eigenvalue weighted by molar-refractivity contribution is 4.70. The van der Waals surface area contributed by atoms with Crippen LogP contribution in [0, 0.1) is 0 Å². The number of nitrogens with one attached hydrogen (secondary N) is 1. The molecule has 0 aromatic carbocycles. The Kier molecular flexibility index (Phi) is 3.12. The molecule has 0 unspecified atom stereocenters. The van der Waals surface area contributed by atoms with E-state index in [0.717, 1.165) is 19.6 Å². The minimum atomic E-state index is 0.545. The Balaban J connectivity index is 2.13. The highest BCUT2D eigenvalue weighted by Crippen LogP contribution is 1.97. The van der Waals surface area contributed by atoms with Crippen LogP contribution in [0.15, 0.2) is 0 Å². The Bertz CT molecular complexity index is 86.9. The van der Waals surface area contributed by atoms with Gasteiger partial charge in [0.25, 0.3) is 0 Å². The molecular weight excluding hydrogens is 126 g/mol. The van der Waals surface area contributed by atoms with E-state index in [-0.39, 0.29) is 0 Å². The summed E-state index contributed by atoms with van der Waals surface area (Å²) < 4.78 is 0. The largest absolute Gasteiger partial charge is 0.676 e. The van der Waals surface area contributed by atoms with Crippen molar-refractivity contribution >= 4 is 0 Å². The molecule has 0 aromatic rings. The fraction of sp³-hybridized carbons (Fsp3) is 1.00. The fourth-order valence-corrected chi connectivity index (χ4v) is 1.23. The standard InChI is InChI=1S/C7H16N3/c1-9-4-6-10(3-2-8)7-5-9/h8H,2-7H2,1H3/q-1. The summed E-state index contributed by atoms with van der Waals surface area (Å²) in [6.45, 7) is 6.13. The van der Waals surface area contributed by atoms with E-state index in [9.17, 15) is 0 Å². The van der Waals surface area contributed by atoms with E-state index in [1.54, 1.807) is 0 Å². The van der Waals surface area contributed by atoms with Gasteiger partial charge in [-0.2, -0.15) is 0 Å². The first kappa shape index (κ1) is 7.98. The lowest BCUT2D eigenvalue weighted by Crippen LogP contribution is -2.45. The van der Waals surface area contributed by atoms with Crippen LogP contribution >= 0.6 is 0 Å². The van der Waals surface area contributed by atoms with Crippen LogP contribution in [0.5, 0.6) is 0 Å². The van der Waals surface area contributed by atoms with Crippen molar-refractivity contribution in [3.8, 4) is 0 Å². The predicted octanol–water partition coefficient (Wildman–Crippen LogP) is 0.286. The van der Waals surface area contributed by atoms with Crippen molar-refractivity contribution in [1.82, 2.24) is 9.80 Å². The zero-order valence-electron chi connectivity index (χ0n) is 6.64. The lowest BCUT2D eigenvalue weighted by atomic mass is 10.3. The van der Waals surface area contributed by atoms with E-state index in [1.165, 1.54) is 13.1 Å². The van der Waals surface area contributed by atoms with Crippen LogP contribution in [0.1, 0.15) is 0 Å². The molecule has 0 amide bonds. The molecule has 0 bridgehead atoms. The molecule has 60 valence electrons. The molecule has 3 nitrogen and oxygen atoms in total. The molecule has 1 heterocycles. The van der Waals surface area contributed by atoms with Crippen molar-refractivity contribution < 1.29 is 0 Å². The Labute approximate surface area is 62.8 Å². The maximum absolute atomic E-state index is 7.03. The van der Waals surface area contributed by atoms with Gasteiger partial charge in [-0.05, 0) is 13.6 Å². The summed E-state index contributed by atoms with van der Waals surface area (Å²) in [7, 11) is 2.15. The Morgan fingerprint density at radius 2 is 1.80 bits per heavy atom. The van der Waals surface area contributed by atoms with Crippen molar-refractivity contribution in [1.29, 1.82) is 0 Å². The predicted molar refractivity (Wildman–Crippen MR) is 43.1 cm³/mol. The number of nitrogens with zero attached hydrogens (tertiary/aromatic N) is 2. The van der Waals surface area contributed by atoms with E-state index >= 15 is 0 Å². The third kappa shape index (κ3) is 2.25. The molecule has 1 aliphatic heterocycles. The minimum Gasteiger partial charge on any atom is -0.676 e. The first-order chi connectivity index (χ1) is 4.83. The normalized spacial score (nSPS) is 23.4. The molecule has 0 saturated carbocycles. The third-order valence-corrected chi connectivity index (χ3v) is 2.02. The van der Waals surface area contributed by atoms with Crippen LogP contribution in [-0.2, 0) is 0 Å². The van der Waals surface area contributed by atoms with Gasteiger partial charge in [-0.15, -0.1) is 6.54 Å². The Morgan fingerprint density at radius 3 is 2.30 bits per heavy atom. The molecule has 1 N–H and O–H groups in total. The van der Waals surface area contributed by atoms with Crippen LogP contribution in [-0.4, -0.2) is 56.1 Å². The van der Waals surface area contributed by atoms with E-state index in [1.807, 2.05) is 0 Å². The number of hydrogen-bond acceptors (Lipinski definition) is 2. The molecule has 1 rings (SSSR count). The number of rotatable bonds is 2. The van der Waals surface area contributed by atoms with Crippen molar-refractivity contribution in [3.63, 3.8) is 0 Å². The van der Waals surface area contributed by atoms with Gasteiger partial charge in [0.2, 0.25) is 0 Å². The van der Waals surface area contributed by atoms with Crippen molar-refractivity contribution in [3.05, 3.63) is 5.73 Å². The second-order valence-corrected chi connectivity index (χ2v) is 2.89. The van der Waals surface area contributed by atoms with E-state index in [0.29, 0.717) is 6.54 Å². The SMILES string of the molecule is CN1CCN(CC[NH-])CC1. The average Bonchev–Trinajstić information content (AvgIpc) is 1.95. The lowest BCUT2D eigenvalue weighted by Gasteiger charge is -2.32. The third-order valence-electron chi connectivity index (χ3n) is 2.02. The highest BCUT2D eigenvalue weighted by Gasteiger charge is 2.10. The number of hydrogen-bond donors (Lipinski definition) is 0. The molecule has 0 aromatic heterocycles. The summed E-state index contributed by atoms with van der Waals surface area (Å²) in [5.74, 6) is 0. The first-order valence-corrected chi connectivity index (χ1v) is 3.88. The maximum atomic E-state index is 7.03. The van der Waals surface area contributed by atoms with Gasteiger partial charge >= 0.3 is 0 Å². The summed E-state index contributed by atoms with van der Waals surface area (Å²) in [6.07, 6.45) is 0. The summed E-state index contributed by atoms with van der Waals surface area (Å²) in [4.78, 5) is 4.69. The Hall–Kier alpha value is -0.120. The van der Waals surface area contributed by atoms with Crippen molar-refractivity contribution in [2.24, 2.45) is 0 Å². The average molecular weight is 142 g/mol. The van der Waals surface area contributed by atoms with Crippen LogP contribution in [0.3, 0.4) is 0 Å². The summed E-state index contributed by atoms with van der Waals surface area (Å²) in [5, 5.41) is 0. The minimum absolute atomic E-state index is 0.545. The fourth-order valence-electron chi connectivity index (χ4n) is 1.23. The maximum Gasteiger partial charge on any atom is 0.0109 e. The van der Waals surface area contributed by atoms with Gasteiger partial charge in [0.1, 0.15) is 0 Å². The summed E-state index contributed by atoms with van der Waals surface area (Å²) in [6, 6.07) is 0. The van der Waals surface area contributed by atoms with Gasteiger partial charge in [-0.25, -0.2) is 0 Å². The molecule has 0 aliphatic carbocycles. The summed E-state index contributed by atoms with van der Waals surface area (Å²) >= 11 is 0. The second kappa shape index (κ2) is 3.91. The van der Waals surface area contributed by atoms with Crippen LogP contribution in [0.25, 0.3) is 5.73 Å². The van der Waals surface area contributed by atoms with Crippen molar-refractivity contribution in [2.45, 2.75) is 0 Å². The molecule has 10 heavy (non-hydrogen) atoms. The van der Waals surface area contributed by atoms with E-state index in [4.69, 9.17) is 5.73 Å². The highest BCUT2D eigenvalue weighted by atomic mass is 15.2. The van der Waals surface area contributed by atoms with Crippen molar-refractivity contribution in [2.75, 3.05) is 46.3 Å². The van der Waals surface area contributed by atoms with Gasteiger partial charge < -0.3 is 15.5 Å². The van der Waals surface area contributed by atoms with Gasteiger partial charge in [0.15, 0.2) is 0 Å². The van der Waals surface area contributed by atoms with E-state index in [2.05, 4.69) is 16.8 Å². The second-order valence-electron chi connectivity index (χ2n) is 2.89. The molecule has 0 spiro atoms. The smallest absolute Gasteiger partial charge is 0.0109 e. The van der Waals surface area contributed by atoms with Gasteiger partial charge in [-0.1, -0.05) is 0 Å². The molecule has 3 heteroatoms. The molecular formula is C7H16N3-. The molecule has 1 fully saturated rings. The topological polar surface area (TPSA) is 30.3 Å². The zero-order chi connectivity index (χ0) is 7.40. The van der Waals surface area contributed by atoms with Gasteiger partial charge in [0, 0.05) is 26.2 Å². The number of likely N-dealkylation sites (N-methyl/N-ethyl adjacent to an activating group) is 1. The molecule has 0 radical (unpaired) electrons. The monoisotopic (exact) mass is 142 g/mol. The molecule has 1 saturated heterocycles. The van der Waals surface area contributed by atoms with Crippen LogP contribution in [0.2, 0.25) is 0 Å². The molecule has 0 atom stereocenters. The van der Waals surface area contributed by atoms with Gasteiger partial charge in [-0.3, -0.25) is 0 Å². The first-order valence-electron chi connectivity index (χ1n) is 3.88. The zero-order valence-corrected chi connectivity index (χ0v) is 6.64. The Morgan fingerprint density at radius 1 is 1.20 bits per heavy atom. The lowest BCUT2D eigenvalue weighted by molar-refractivity contribution is 0.159. The molecule has 1 aliphatic rings. The summed E-state index contributed by atoms with van der Waals surface area (Å²) in [5.41, 5.74) is 7.03. The van der Waals surface area contributed by atoms with E-state index < -0.39 is 0 Å². The van der Waals surface area contributed by atoms with Gasteiger partial charge in [0.05, 0.1) is 0 Å². The van der Waals surface area contributed by atoms with Crippen LogP contribution < -0.4 is 0 Å². The van der Waals surface area contributed by atoms with Crippen LogP contribution in [0.4, 0.5) is 0 Å². The number of piperazine rings is 1. The quantitative estimate of drug-likeness (QED) is 0.554.